The SMILES string of the molecule is COCc1ccccc1CNC(=O)CN1CC[C@H](O)C[C@@H]1C. The van der Waals surface area contributed by atoms with Gasteiger partial charge in [0.25, 0.3) is 0 Å². The van der Waals surface area contributed by atoms with Gasteiger partial charge in [0.05, 0.1) is 19.3 Å². The van der Waals surface area contributed by atoms with E-state index in [9.17, 15) is 9.90 Å². The summed E-state index contributed by atoms with van der Waals surface area (Å²) in [5.41, 5.74) is 2.18. The van der Waals surface area contributed by atoms with Crippen LogP contribution >= 0.6 is 0 Å². The Labute approximate surface area is 132 Å². The molecular formula is C17H26N2O3. The van der Waals surface area contributed by atoms with Gasteiger partial charge in [0.1, 0.15) is 0 Å². The Morgan fingerprint density at radius 1 is 1.41 bits per heavy atom. The molecule has 1 saturated heterocycles. The molecular weight excluding hydrogens is 280 g/mol. The minimum atomic E-state index is -0.227. The van der Waals surface area contributed by atoms with Gasteiger partial charge < -0.3 is 15.2 Å². The highest BCUT2D eigenvalue weighted by Gasteiger charge is 2.25. The first-order valence-corrected chi connectivity index (χ1v) is 7.84. The van der Waals surface area contributed by atoms with E-state index in [1.807, 2.05) is 24.3 Å². The van der Waals surface area contributed by atoms with E-state index in [-0.39, 0.29) is 18.1 Å². The molecule has 2 rings (SSSR count). The number of benzene rings is 1. The molecule has 1 amide bonds. The molecule has 1 aliphatic rings. The smallest absolute Gasteiger partial charge is 0.234 e. The molecule has 0 aromatic heterocycles. The van der Waals surface area contributed by atoms with Crippen LogP contribution in [0.2, 0.25) is 0 Å². The number of amides is 1. The van der Waals surface area contributed by atoms with Crippen molar-refractivity contribution in [2.24, 2.45) is 0 Å². The predicted molar refractivity (Wildman–Crippen MR) is 85.3 cm³/mol. The molecule has 5 heteroatoms. The zero-order chi connectivity index (χ0) is 15.9. The third-order valence-corrected chi connectivity index (χ3v) is 4.23. The number of carbonyl (C=O) groups is 1. The summed E-state index contributed by atoms with van der Waals surface area (Å²) in [7, 11) is 1.67. The van der Waals surface area contributed by atoms with Crippen LogP contribution in [0.4, 0.5) is 0 Å². The molecule has 1 aliphatic heterocycles. The maximum atomic E-state index is 12.1. The first-order valence-electron chi connectivity index (χ1n) is 7.84. The van der Waals surface area contributed by atoms with Crippen LogP contribution in [0.5, 0.6) is 0 Å². The summed E-state index contributed by atoms with van der Waals surface area (Å²) in [6.45, 7) is 4.29. The quantitative estimate of drug-likeness (QED) is 0.831. The number of aliphatic hydroxyl groups excluding tert-OH is 1. The lowest BCUT2D eigenvalue weighted by Crippen LogP contribution is -2.47. The van der Waals surface area contributed by atoms with Crippen LogP contribution in [0.3, 0.4) is 0 Å². The van der Waals surface area contributed by atoms with Crippen molar-refractivity contribution >= 4 is 5.91 Å². The average molecular weight is 306 g/mol. The highest BCUT2D eigenvalue weighted by atomic mass is 16.5. The lowest BCUT2D eigenvalue weighted by atomic mass is 10.0. The molecule has 0 radical (unpaired) electrons. The number of rotatable bonds is 6. The van der Waals surface area contributed by atoms with E-state index >= 15 is 0 Å². The molecule has 1 aromatic rings. The number of aliphatic hydroxyl groups is 1. The Hall–Kier alpha value is -1.43. The van der Waals surface area contributed by atoms with Crippen LogP contribution < -0.4 is 5.32 Å². The fourth-order valence-corrected chi connectivity index (χ4v) is 2.89. The molecule has 2 atom stereocenters. The van der Waals surface area contributed by atoms with E-state index in [4.69, 9.17) is 4.74 Å². The molecule has 0 aliphatic carbocycles. The number of piperidine rings is 1. The lowest BCUT2D eigenvalue weighted by Gasteiger charge is -2.35. The van der Waals surface area contributed by atoms with Crippen molar-refractivity contribution in [1.82, 2.24) is 10.2 Å². The number of likely N-dealkylation sites (tertiary alicyclic amines) is 1. The third-order valence-electron chi connectivity index (χ3n) is 4.23. The summed E-state index contributed by atoms with van der Waals surface area (Å²) < 4.78 is 5.18. The summed E-state index contributed by atoms with van der Waals surface area (Å²) in [6, 6.07) is 8.21. The van der Waals surface area contributed by atoms with Gasteiger partial charge in [0.15, 0.2) is 0 Å². The minimum absolute atomic E-state index is 0.0236. The highest BCUT2D eigenvalue weighted by Crippen LogP contribution is 2.16. The Morgan fingerprint density at radius 3 is 2.82 bits per heavy atom. The Bertz CT molecular complexity index is 493. The van der Waals surface area contributed by atoms with E-state index in [1.54, 1.807) is 7.11 Å². The summed E-state index contributed by atoms with van der Waals surface area (Å²) in [5, 5.41) is 12.6. The summed E-state index contributed by atoms with van der Waals surface area (Å²) >= 11 is 0. The molecule has 2 N–H and O–H groups in total. The second-order valence-electron chi connectivity index (χ2n) is 5.98. The number of carbonyl (C=O) groups excluding carboxylic acids is 1. The van der Waals surface area contributed by atoms with Crippen LogP contribution in [0, 0.1) is 0 Å². The maximum absolute atomic E-state index is 12.1. The molecule has 0 spiro atoms. The molecule has 122 valence electrons. The Balaban J connectivity index is 1.83. The van der Waals surface area contributed by atoms with Crippen molar-refractivity contribution < 1.29 is 14.6 Å². The Morgan fingerprint density at radius 2 is 2.14 bits per heavy atom. The van der Waals surface area contributed by atoms with Crippen LogP contribution in [-0.4, -0.2) is 48.3 Å². The van der Waals surface area contributed by atoms with E-state index in [0.717, 1.165) is 30.5 Å². The zero-order valence-corrected chi connectivity index (χ0v) is 13.4. The first-order chi connectivity index (χ1) is 10.6. The van der Waals surface area contributed by atoms with E-state index in [2.05, 4.69) is 17.1 Å². The van der Waals surface area contributed by atoms with E-state index < -0.39 is 0 Å². The van der Waals surface area contributed by atoms with Gasteiger partial charge in [-0.15, -0.1) is 0 Å². The van der Waals surface area contributed by atoms with Gasteiger partial charge >= 0.3 is 0 Å². The molecule has 0 bridgehead atoms. The highest BCUT2D eigenvalue weighted by molar-refractivity contribution is 5.78. The molecule has 1 fully saturated rings. The van der Waals surface area contributed by atoms with Crippen molar-refractivity contribution in [3.63, 3.8) is 0 Å². The molecule has 1 aromatic carbocycles. The van der Waals surface area contributed by atoms with Crippen molar-refractivity contribution in [2.45, 2.75) is 45.1 Å². The minimum Gasteiger partial charge on any atom is -0.393 e. The zero-order valence-electron chi connectivity index (χ0n) is 13.4. The second-order valence-corrected chi connectivity index (χ2v) is 5.98. The van der Waals surface area contributed by atoms with Crippen molar-refractivity contribution in [1.29, 1.82) is 0 Å². The average Bonchev–Trinajstić information content (AvgIpc) is 2.49. The van der Waals surface area contributed by atoms with Gasteiger partial charge in [0.2, 0.25) is 5.91 Å². The van der Waals surface area contributed by atoms with Crippen LogP contribution in [0.25, 0.3) is 0 Å². The second kappa shape index (κ2) is 8.27. The normalized spacial score (nSPS) is 22.5. The third kappa shape index (κ3) is 4.80. The molecule has 22 heavy (non-hydrogen) atoms. The van der Waals surface area contributed by atoms with Gasteiger partial charge in [-0.25, -0.2) is 0 Å². The summed E-state index contributed by atoms with van der Waals surface area (Å²) in [5.74, 6) is 0.0236. The van der Waals surface area contributed by atoms with Crippen LogP contribution in [0.1, 0.15) is 30.9 Å². The summed E-state index contributed by atoms with van der Waals surface area (Å²) in [6.07, 6.45) is 1.26. The first kappa shape index (κ1) is 16.9. The van der Waals surface area contributed by atoms with E-state index in [0.29, 0.717) is 19.7 Å². The number of methoxy groups -OCH3 is 1. The fraction of sp³-hybridized carbons (Fsp3) is 0.588. The van der Waals surface area contributed by atoms with Crippen LogP contribution in [0.15, 0.2) is 24.3 Å². The van der Waals surface area contributed by atoms with Crippen molar-refractivity contribution in [3.05, 3.63) is 35.4 Å². The lowest BCUT2D eigenvalue weighted by molar-refractivity contribution is -0.123. The maximum Gasteiger partial charge on any atom is 0.234 e. The molecule has 0 unspecified atom stereocenters. The van der Waals surface area contributed by atoms with Gasteiger partial charge in [0, 0.05) is 26.2 Å². The van der Waals surface area contributed by atoms with Crippen molar-refractivity contribution in [2.75, 3.05) is 20.2 Å². The van der Waals surface area contributed by atoms with Crippen molar-refractivity contribution in [3.8, 4) is 0 Å². The summed E-state index contributed by atoms with van der Waals surface area (Å²) in [4.78, 5) is 14.3. The molecule has 1 heterocycles. The molecule has 5 nitrogen and oxygen atoms in total. The number of nitrogens with zero attached hydrogens (tertiary/aromatic N) is 1. The fourth-order valence-electron chi connectivity index (χ4n) is 2.89. The van der Waals surface area contributed by atoms with Crippen LogP contribution in [-0.2, 0) is 22.7 Å². The Kier molecular flexibility index (Phi) is 6.36. The van der Waals surface area contributed by atoms with Gasteiger partial charge in [-0.3, -0.25) is 9.69 Å². The standard InChI is InChI=1S/C17H26N2O3/c1-13-9-16(20)7-8-19(13)11-17(21)18-10-14-5-3-4-6-15(14)12-22-2/h3-6,13,16,20H,7-12H2,1-2H3,(H,18,21)/t13-,16-/m0/s1. The largest absolute Gasteiger partial charge is 0.393 e. The topological polar surface area (TPSA) is 61.8 Å². The number of hydrogen-bond donors (Lipinski definition) is 2. The van der Waals surface area contributed by atoms with Gasteiger partial charge in [-0.1, -0.05) is 24.3 Å². The van der Waals surface area contributed by atoms with E-state index in [1.165, 1.54) is 0 Å². The number of nitrogens with one attached hydrogen (secondary N) is 1. The van der Waals surface area contributed by atoms with Gasteiger partial charge in [-0.2, -0.15) is 0 Å². The predicted octanol–water partition coefficient (Wildman–Crippen LogP) is 1.29. The number of hydrogen-bond acceptors (Lipinski definition) is 4. The van der Waals surface area contributed by atoms with Gasteiger partial charge in [-0.05, 0) is 30.9 Å². The molecule has 0 saturated carbocycles. The number of ether oxygens (including phenoxy) is 1. The monoisotopic (exact) mass is 306 g/mol.